The molecule has 3 aromatic rings. The molecule has 0 radical (unpaired) electrons. The average Bonchev–Trinajstić information content (AvgIpc) is 3.10. The number of rotatable bonds is 6. The normalized spacial score (nSPS) is 10.2. The van der Waals surface area contributed by atoms with E-state index in [9.17, 15) is 14.9 Å². The van der Waals surface area contributed by atoms with Gasteiger partial charge in [-0.05, 0) is 43.3 Å². The Morgan fingerprint density at radius 1 is 1.17 bits per heavy atom. The van der Waals surface area contributed by atoms with Gasteiger partial charge in [-0.25, -0.2) is 4.79 Å². The van der Waals surface area contributed by atoms with E-state index in [1.54, 1.807) is 48.5 Å². The zero-order chi connectivity index (χ0) is 21.7. The number of anilines is 2. The first-order valence-electron chi connectivity index (χ1n) is 9.13. The average molecular weight is 404 g/mol. The number of nitrogens with zero attached hydrogens (tertiary/aromatic N) is 2. The maximum absolute atomic E-state index is 13.0. The summed E-state index contributed by atoms with van der Waals surface area (Å²) in [7, 11) is 1.22. The van der Waals surface area contributed by atoms with Crippen molar-refractivity contribution >= 4 is 23.3 Å². The summed E-state index contributed by atoms with van der Waals surface area (Å²) in [5.74, 6) is -0.405. The van der Waals surface area contributed by atoms with Gasteiger partial charge in [0.1, 0.15) is 11.8 Å². The number of amides is 1. The minimum atomic E-state index is -0.712. The number of aromatic nitrogens is 1. The van der Waals surface area contributed by atoms with Crippen LogP contribution in [0.25, 0.3) is 5.69 Å². The van der Waals surface area contributed by atoms with Crippen molar-refractivity contribution < 1.29 is 19.1 Å². The number of hydrogen-bond donors (Lipinski definition) is 2. The van der Waals surface area contributed by atoms with Crippen LogP contribution in [0.4, 0.5) is 11.4 Å². The van der Waals surface area contributed by atoms with Crippen molar-refractivity contribution in [2.45, 2.75) is 6.92 Å². The summed E-state index contributed by atoms with van der Waals surface area (Å²) in [4.78, 5) is 25.2. The van der Waals surface area contributed by atoms with Crippen LogP contribution < -0.4 is 15.8 Å². The van der Waals surface area contributed by atoms with Gasteiger partial charge < -0.3 is 25.1 Å². The number of carbonyl (C=O) groups is 2. The van der Waals surface area contributed by atoms with Gasteiger partial charge in [-0.1, -0.05) is 12.1 Å². The molecule has 0 aliphatic rings. The highest BCUT2D eigenvalue weighted by atomic mass is 16.5. The van der Waals surface area contributed by atoms with Gasteiger partial charge in [0.05, 0.1) is 36.2 Å². The van der Waals surface area contributed by atoms with Gasteiger partial charge in [0.15, 0.2) is 5.69 Å². The fourth-order valence-electron chi connectivity index (χ4n) is 2.98. The van der Waals surface area contributed by atoms with Gasteiger partial charge in [0.2, 0.25) is 0 Å². The summed E-state index contributed by atoms with van der Waals surface area (Å²) < 4.78 is 11.6. The molecule has 0 aliphatic carbocycles. The van der Waals surface area contributed by atoms with E-state index in [0.29, 0.717) is 23.7 Å². The molecule has 0 fully saturated rings. The van der Waals surface area contributed by atoms with E-state index < -0.39 is 11.9 Å². The Morgan fingerprint density at radius 3 is 2.50 bits per heavy atom. The second kappa shape index (κ2) is 8.84. The Morgan fingerprint density at radius 2 is 1.87 bits per heavy atom. The molecule has 0 spiro atoms. The summed E-state index contributed by atoms with van der Waals surface area (Å²) in [6.07, 6.45) is 1.41. The van der Waals surface area contributed by atoms with Gasteiger partial charge >= 0.3 is 5.97 Å². The minimum absolute atomic E-state index is 0.00826. The molecule has 0 bridgehead atoms. The maximum atomic E-state index is 13.0. The van der Waals surface area contributed by atoms with Crippen LogP contribution in [0.2, 0.25) is 0 Å². The Balaban J connectivity index is 2.00. The molecule has 152 valence electrons. The van der Waals surface area contributed by atoms with Crippen LogP contribution in [0.5, 0.6) is 5.75 Å². The monoisotopic (exact) mass is 404 g/mol. The molecule has 3 N–H and O–H groups in total. The Kier molecular flexibility index (Phi) is 6.03. The van der Waals surface area contributed by atoms with Crippen molar-refractivity contribution in [1.29, 1.82) is 5.26 Å². The largest absolute Gasteiger partial charge is 0.494 e. The van der Waals surface area contributed by atoms with Crippen LogP contribution in [0, 0.1) is 11.3 Å². The molecule has 8 nitrogen and oxygen atoms in total. The number of methoxy groups -OCH3 is 1. The third-order valence-corrected chi connectivity index (χ3v) is 4.37. The van der Waals surface area contributed by atoms with Crippen molar-refractivity contribution in [3.63, 3.8) is 0 Å². The first-order valence-corrected chi connectivity index (χ1v) is 9.13. The molecule has 1 amide bonds. The highest BCUT2D eigenvalue weighted by Gasteiger charge is 2.24. The first kappa shape index (κ1) is 20.5. The third kappa shape index (κ3) is 3.95. The number of carbonyl (C=O) groups excluding carboxylic acids is 2. The van der Waals surface area contributed by atoms with Crippen molar-refractivity contribution in [2.75, 3.05) is 24.8 Å². The topological polar surface area (TPSA) is 119 Å². The van der Waals surface area contributed by atoms with Gasteiger partial charge in [0, 0.05) is 11.9 Å². The van der Waals surface area contributed by atoms with Gasteiger partial charge in [-0.3, -0.25) is 4.79 Å². The summed E-state index contributed by atoms with van der Waals surface area (Å²) >= 11 is 0. The molecule has 2 aromatic carbocycles. The van der Waals surface area contributed by atoms with E-state index >= 15 is 0 Å². The van der Waals surface area contributed by atoms with Gasteiger partial charge in [0.25, 0.3) is 5.91 Å². The van der Waals surface area contributed by atoms with Crippen LogP contribution in [0.15, 0.2) is 54.7 Å². The third-order valence-electron chi connectivity index (χ3n) is 4.37. The lowest BCUT2D eigenvalue weighted by molar-refractivity contribution is 0.0592. The van der Waals surface area contributed by atoms with E-state index in [1.165, 1.54) is 17.9 Å². The molecule has 0 aliphatic heterocycles. The van der Waals surface area contributed by atoms with Crippen LogP contribution in [-0.2, 0) is 4.74 Å². The fraction of sp³-hybridized carbons (Fsp3) is 0.136. The first-order chi connectivity index (χ1) is 14.5. The number of hydrogen-bond acceptors (Lipinski definition) is 6. The lowest BCUT2D eigenvalue weighted by Gasteiger charge is -2.14. The van der Waals surface area contributed by atoms with Crippen LogP contribution in [0.3, 0.4) is 0 Å². The van der Waals surface area contributed by atoms with E-state index in [0.717, 1.165) is 0 Å². The van der Waals surface area contributed by atoms with Crippen molar-refractivity contribution in [3.8, 4) is 17.5 Å². The molecule has 0 saturated carbocycles. The second-order valence-corrected chi connectivity index (χ2v) is 6.21. The van der Waals surface area contributed by atoms with E-state index in [-0.39, 0.29) is 22.5 Å². The molecule has 0 saturated heterocycles. The molecular formula is C22H20N4O4. The Bertz CT molecular complexity index is 1130. The number of para-hydroxylation sites is 1. The fourth-order valence-corrected chi connectivity index (χ4v) is 2.98. The summed E-state index contributed by atoms with van der Waals surface area (Å²) in [6, 6.07) is 15.6. The lowest BCUT2D eigenvalue weighted by Crippen LogP contribution is -2.17. The molecule has 30 heavy (non-hydrogen) atoms. The number of esters is 1. The zero-order valence-electron chi connectivity index (χ0n) is 16.5. The number of nitrogens with one attached hydrogen (secondary N) is 1. The Hall–Kier alpha value is -4.25. The number of ether oxygens (including phenoxy) is 2. The quantitative estimate of drug-likeness (QED) is 0.608. The van der Waals surface area contributed by atoms with Crippen molar-refractivity contribution in [1.82, 2.24) is 4.57 Å². The molecule has 0 unspecified atom stereocenters. The van der Waals surface area contributed by atoms with Gasteiger partial charge in [-0.2, -0.15) is 5.26 Å². The molecule has 3 rings (SSSR count). The van der Waals surface area contributed by atoms with Crippen LogP contribution in [-0.4, -0.2) is 30.2 Å². The molecule has 0 atom stereocenters. The lowest BCUT2D eigenvalue weighted by atomic mass is 10.1. The highest BCUT2D eigenvalue weighted by molar-refractivity contribution is 6.07. The van der Waals surface area contributed by atoms with E-state index in [4.69, 9.17) is 15.2 Å². The summed E-state index contributed by atoms with van der Waals surface area (Å²) in [6.45, 7) is 2.44. The predicted octanol–water partition coefficient (Wildman–Crippen LogP) is 3.37. The minimum Gasteiger partial charge on any atom is -0.494 e. The molecular weight excluding hydrogens is 384 g/mol. The van der Waals surface area contributed by atoms with Crippen molar-refractivity contribution in [2.24, 2.45) is 0 Å². The Labute approximate surface area is 173 Å². The maximum Gasteiger partial charge on any atom is 0.357 e. The highest BCUT2D eigenvalue weighted by Crippen LogP contribution is 2.27. The zero-order valence-corrected chi connectivity index (χ0v) is 16.5. The van der Waals surface area contributed by atoms with E-state index in [2.05, 4.69) is 5.32 Å². The SMILES string of the molecule is CCOc1ccc(NC(=O)c2ccccc2-n2cc(C#N)c(N)c2C(=O)OC)cc1. The summed E-state index contributed by atoms with van der Waals surface area (Å²) in [5.41, 5.74) is 7.29. The van der Waals surface area contributed by atoms with Gasteiger partial charge in [-0.15, -0.1) is 0 Å². The molecule has 1 heterocycles. The van der Waals surface area contributed by atoms with Crippen LogP contribution in [0.1, 0.15) is 33.3 Å². The van der Waals surface area contributed by atoms with Crippen molar-refractivity contribution in [3.05, 3.63) is 71.5 Å². The molecule has 1 aromatic heterocycles. The summed E-state index contributed by atoms with van der Waals surface area (Å²) in [5, 5.41) is 12.1. The number of nitrogens with two attached hydrogens (primary N) is 1. The smallest absolute Gasteiger partial charge is 0.357 e. The predicted molar refractivity (Wildman–Crippen MR) is 112 cm³/mol. The van der Waals surface area contributed by atoms with E-state index in [1.807, 2.05) is 13.0 Å². The number of nitrogen functional groups attached to an aromatic ring is 1. The second-order valence-electron chi connectivity index (χ2n) is 6.21. The standard InChI is InChI=1S/C22H20N4O4/c1-3-30-16-10-8-15(9-11-16)25-21(27)17-6-4-5-7-18(17)26-13-14(12-23)19(24)20(26)22(28)29-2/h4-11,13H,3,24H2,1-2H3,(H,25,27). The number of nitriles is 1. The molecule has 8 heteroatoms. The number of benzene rings is 2. The van der Waals surface area contributed by atoms with Crippen LogP contribution >= 0.6 is 0 Å².